The van der Waals surface area contributed by atoms with Crippen LogP contribution in [0.15, 0.2) is 21.9 Å². The molecule has 1 fully saturated rings. The minimum absolute atomic E-state index is 0.408. The van der Waals surface area contributed by atoms with Crippen LogP contribution in [0.2, 0.25) is 0 Å². The normalized spacial score (nSPS) is 25.9. The molecule has 29 heavy (non-hydrogen) atoms. The summed E-state index contributed by atoms with van der Waals surface area (Å²) in [5, 5.41) is 40.1. The SMILES string of the molecule is N[C@H](C(=O)N[C@@H](CCC(=O)O)C(=O)O)[C@H]1O[C@@H](n2ccc(=O)[nH]c2=O)[C@H](O)[C@@H]1O. The highest BCUT2D eigenvalue weighted by Crippen LogP contribution is 2.29. The van der Waals surface area contributed by atoms with Crippen LogP contribution in [-0.2, 0) is 19.1 Å². The van der Waals surface area contributed by atoms with Crippen LogP contribution in [0.5, 0.6) is 0 Å². The summed E-state index contributed by atoms with van der Waals surface area (Å²) in [6.45, 7) is 0. The Kier molecular flexibility index (Phi) is 6.86. The third-order valence-electron chi connectivity index (χ3n) is 4.32. The molecule has 14 heteroatoms. The molecule has 0 spiro atoms. The number of aliphatic hydroxyl groups excluding tert-OH is 2. The van der Waals surface area contributed by atoms with Gasteiger partial charge in [0.2, 0.25) is 5.91 Å². The summed E-state index contributed by atoms with van der Waals surface area (Å²) in [7, 11) is 0. The number of aromatic amines is 1. The number of amides is 1. The Hall–Kier alpha value is -3.07. The van der Waals surface area contributed by atoms with E-state index in [1.54, 1.807) is 0 Å². The van der Waals surface area contributed by atoms with Crippen LogP contribution in [0.1, 0.15) is 19.1 Å². The molecular formula is C15H20N4O10. The molecule has 0 unspecified atom stereocenters. The molecule has 0 bridgehead atoms. The molecule has 2 heterocycles. The van der Waals surface area contributed by atoms with E-state index in [0.717, 1.165) is 16.8 Å². The number of aliphatic hydroxyl groups is 2. The quantitative estimate of drug-likeness (QED) is 0.215. The lowest BCUT2D eigenvalue weighted by atomic mass is 10.0. The van der Waals surface area contributed by atoms with Gasteiger partial charge in [0.1, 0.15) is 30.4 Å². The maximum atomic E-state index is 12.3. The number of H-pyrrole nitrogens is 1. The predicted octanol–water partition coefficient (Wildman–Crippen LogP) is -4.08. The van der Waals surface area contributed by atoms with Crippen molar-refractivity contribution in [3.8, 4) is 0 Å². The van der Waals surface area contributed by atoms with Crippen molar-refractivity contribution in [2.75, 3.05) is 0 Å². The molecule has 1 aliphatic rings. The number of carboxylic acids is 2. The molecule has 0 aliphatic carbocycles. The number of carbonyl (C=O) groups is 3. The van der Waals surface area contributed by atoms with Crippen LogP contribution in [0.4, 0.5) is 0 Å². The van der Waals surface area contributed by atoms with Crippen molar-refractivity contribution < 1.29 is 39.5 Å². The smallest absolute Gasteiger partial charge is 0.330 e. The molecule has 14 nitrogen and oxygen atoms in total. The third kappa shape index (κ3) is 5.05. The number of carboxylic acid groups (broad SMARTS) is 2. The minimum Gasteiger partial charge on any atom is -0.481 e. The number of rotatable bonds is 8. The number of hydrogen-bond donors (Lipinski definition) is 7. The van der Waals surface area contributed by atoms with Gasteiger partial charge in [-0.15, -0.1) is 0 Å². The highest BCUT2D eigenvalue weighted by molar-refractivity contribution is 5.87. The monoisotopic (exact) mass is 416 g/mol. The first kappa shape index (κ1) is 22.2. The van der Waals surface area contributed by atoms with Crippen LogP contribution in [0.3, 0.4) is 0 Å². The van der Waals surface area contributed by atoms with Gasteiger partial charge < -0.3 is 36.2 Å². The van der Waals surface area contributed by atoms with Gasteiger partial charge in [0.05, 0.1) is 0 Å². The third-order valence-corrected chi connectivity index (χ3v) is 4.32. The summed E-state index contributed by atoms with van der Waals surface area (Å²) < 4.78 is 6.11. The van der Waals surface area contributed by atoms with E-state index in [1.807, 2.05) is 10.3 Å². The van der Waals surface area contributed by atoms with E-state index in [2.05, 4.69) is 0 Å². The van der Waals surface area contributed by atoms with Gasteiger partial charge in [-0.1, -0.05) is 0 Å². The Morgan fingerprint density at radius 3 is 2.45 bits per heavy atom. The standard InChI is InChI=1S/C15H20N4O10/c16-8(12(25)17-5(14(26)27)1-2-7(21)22)11-9(23)10(24)13(29-11)19-4-3-6(20)18-15(19)28/h3-5,8-11,13,23-24H,1-2,16H2,(H,17,25)(H,21,22)(H,26,27)(H,18,20,28)/t5-,8-,9-,10+,11+,13+/m0/s1. The summed E-state index contributed by atoms with van der Waals surface area (Å²) in [5.41, 5.74) is 4.08. The summed E-state index contributed by atoms with van der Waals surface area (Å²) in [6, 6.07) is -2.23. The van der Waals surface area contributed by atoms with E-state index < -0.39 is 78.6 Å². The molecule has 6 atom stereocenters. The molecule has 1 aliphatic heterocycles. The first-order valence-electron chi connectivity index (χ1n) is 8.36. The lowest BCUT2D eigenvalue weighted by molar-refractivity contribution is -0.144. The van der Waals surface area contributed by atoms with Crippen molar-refractivity contribution in [1.29, 1.82) is 0 Å². The van der Waals surface area contributed by atoms with Gasteiger partial charge in [0.15, 0.2) is 6.23 Å². The van der Waals surface area contributed by atoms with Crippen molar-refractivity contribution in [3.05, 3.63) is 33.1 Å². The van der Waals surface area contributed by atoms with Crippen LogP contribution >= 0.6 is 0 Å². The Morgan fingerprint density at radius 2 is 1.90 bits per heavy atom. The molecule has 0 saturated carbocycles. The number of aromatic nitrogens is 2. The number of hydrogen-bond acceptors (Lipinski definition) is 9. The number of carbonyl (C=O) groups excluding carboxylic acids is 1. The van der Waals surface area contributed by atoms with E-state index in [9.17, 15) is 34.2 Å². The summed E-state index contributed by atoms with van der Waals surface area (Å²) in [6.07, 6.45) is -6.32. The number of nitrogens with one attached hydrogen (secondary N) is 2. The molecule has 2 rings (SSSR count). The summed E-state index contributed by atoms with van der Waals surface area (Å²) in [5.74, 6) is -3.83. The first-order chi connectivity index (χ1) is 13.5. The summed E-state index contributed by atoms with van der Waals surface area (Å²) in [4.78, 5) is 58.9. The number of nitrogens with zero attached hydrogens (tertiary/aromatic N) is 1. The summed E-state index contributed by atoms with van der Waals surface area (Å²) >= 11 is 0. The zero-order valence-electron chi connectivity index (χ0n) is 14.8. The van der Waals surface area contributed by atoms with Gasteiger partial charge in [-0.2, -0.15) is 0 Å². The van der Waals surface area contributed by atoms with Gasteiger partial charge >= 0.3 is 17.6 Å². The van der Waals surface area contributed by atoms with Gasteiger partial charge in [0, 0.05) is 18.7 Å². The molecule has 160 valence electrons. The fraction of sp³-hybridized carbons (Fsp3) is 0.533. The maximum Gasteiger partial charge on any atom is 0.330 e. The molecular weight excluding hydrogens is 396 g/mol. The zero-order valence-corrected chi connectivity index (χ0v) is 14.8. The Bertz CT molecular complexity index is 896. The topological polar surface area (TPSA) is 234 Å². The van der Waals surface area contributed by atoms with E-state index in [0.29, 0.717) is 0 Å². The Morgan fingerprint density at radius 1 is 1.24 bits per heavy atom. The highest BCUT2D eigenvalue weighted by atomic mass is 16.6. The van der Waals surface area contributed by atoms with E-state index in [4.69, 9.17) is 20.7 Å². The van der Waals surface area contributed by atoms with Gasteiger partial charge in [-0.3, -0.25) is 23.9 Å². The van der Waals surface area contributed by atoms with Crippen molar-refractivity contribution in [1.82, 2.24) is 14.9 Å². The zero-order chi connectivity index (χ0) is 21.9. The number of nitrogens with two attached hydrogens (primary N) is 1. The van der Waals surface area contributed by atoms with Crippen molar-refractivity contribution in [2.24, 2.45) is 5.73 Å². The molecule has 0 aromatic carbocycles. The molecule has 1 amide bonds. The molecule has 8 N–H and O–H groups in total. The van der Waals surface area contributed by atoms with Gasteiger partial charge in [0.25, 0.3) is 5.56 Å². The van der Waals surface area contributed by atoms with Crippen molar-refractivity contribution in [3.63, 3.8) is 0 Å². The number of aliphatic carboxylic acids is 2. The van der Waals surface area contributed by atoms with Crippen LogP contribution < -0.4 is 22.3 Å². The maximum absolute atomic E-state index is 12.3. The Balaban J connectivity index is 2.13. The van der Waals surface area contributed by atoms with E-state index in [-0.39, 0.29) is 0 Å². The molecule has 0 radical (unpaired) electrons. The first-order valence-corrected chi connectivity index (χ1v) is 8.36. The minimum atomic E-state index is -1.72. The average molecular weight is 416 g/mol. The van der Waals surface area contributed by atoms with E-state index >= 15 is 0 Å². The van der Waals surface area contributed by atoms with Crippen LogP contribution in [0.25, 0.3) is 0 Å². The second kappa shape index (κ2) is 8.95. The highest BCUT2D eigenvalue weighted by Gasteiger charge is 2.48. The fourth-order valence-corrected chi connectivity index (χ4v) is 2.78. The molecule has 1 aromatic rings. The second-order valence-corrected chi connectivity index (χ2v) is 6.35. The molecule has 1 saturated heterocycles. The van der Waals surface area contributed by atoms with E-state index in [1.165, 1.54) is 0 Å². The van der Waals surface area contributed by atoms with Crippen molar-refractivity contribution >= 4 is 17.8 Å². The average Bonchev–Trinajstić information content (AvgIpc) is 2.92. The number of ether oxygens (including phenoxy) is 1. The fourth-order valence-electron chi connectivity index (χ4n) is 2.78. The van der Waals surface area contributed by atoms with Crippen LogP contribution in [-0.4, -0.2) is 78.2 Å². The second-order valence-electron chi connectivity index (χ2n) is 6.35. The van der Waals surface area contributed by atoms with Crippen LogP contribution in [0, 0.1) is 0 Å². The van der Waals surface area contributed by atoms with Gasteiger partial charge in [-0.05, 0) is 6.42 Å². The Labute approximate surface area is 161 Å². The lowest BCUT2D eigenvalue weighted by Gasteiger charge is -2.23. The van der Waals surface area contributed by atoms with Crippen molar-refractivity contribution in [2.45, 2.75) is 49.5 Å². The van der Waals surface area contributed by atoms with Gasteiger partial charge in [-0.25, -0.2) is 9.59 Å². The largest absolute Gasteiger partial charge is 0.481 e. The predicted molar refractivity (Wildman–Crippen MR) is 91.7 cm³/mol. The molecule has 1 aromatic heterocycles. The lowest BCUT2D eigenvalue weighted by Crippen LogP contribution is -2.55.